The zero-order valence-corrected chi connectivity index (χ0v) is 19.3. The van der Waals surface area contributed by atoms with Gasteiger partial charge in [-0.25, -0.2) is 4.98 Å². The first kappa shape index (κ1) is 21.5. The standard InChI is InChI=1S/C23H29N7O4/c1-21-7-13-8-22(10-21,12-23(33,9-13)11-21)30-16-14-3-4-24-17(14)28-27-15(16)18(29-30)26-20(32)19(31)25-5-6-34-2/h3-4,13,29,33H,5-12H2,1-2H3,(H,25,31)(H,26,32)/t13-,21+,22?,23?/m1/s1. The van der Waals surface area contributed by atoms with E-state index in [1.165, 1.54) is 7.11 Å². The average Bonchev–Trinajstić information content (AvgIpc) is 3.36. The van der Waals surface area contributed by atoms with Crippen molar-refractivity contribution in [1.29, 1.82) is 0 Å². The Hall–Kier alpha value is -3.05. The Kier molecular flexibility index (Phi) is 4.56. The van der Waals surface area contributed by atoms with Crippen molar-refractivity contribution in [1.82, 2.24) is 30.3 Å². The van der Waals surface area contributed by atoms with Crippen molar-refractivity contribution in [2.24, 2.45) is 11.3 Å². The summed E-state index contributed by atoms with van der Waals surface area (Å²) in [7, 11) is 1.52. The molecule has 3 aromatic heterocycles. The van der Waals surface area contributed by atoms with E-state index in [0.29, 0.717) is 35.9 Å². The summed E-state index contributed by atoms with van der Waals surface area (Å²) >= 11 is 0. The SMILES string of the molecule is COCCNC(=O)C(=O)Nc1[nH]n(C23C[C@@H]4CC(O)(C2)C[C@@](C)(C4)C3)c2c1nnc1nccc12. The van der Waals surface area contributed by atoms with Crippen LogP contribution < -0.4 is 10.6 Å². The zero-order chi connectivity index (χ0) is 23.7. The average molecular weight is 468 g/mol. The van der Waals surface area contributed by atoms with Crippen LogP contribution >= 0.6 is 0 Å². The smallest absolute Gasteiger partial charge is 0.314 e. The summed E-state index contributed by atoms with van der Waals surface area (Å²) in [5.41, 5.74) is 0.765. The molecular weight excluding hydrogens is 438 g/mol. The molecule has 11 nitrogen and oxygen atoms in total. The molecule has 0 aliphatic heterocycles. The fraction of sp³-hybridized carbons (Fsp3) is 0.609. The molecule has 4 aliphatic carbocycles. The van der Waals surface area contributed by atoms with Crippen LogP contribution in [0.15, 0.2) is 12.3 Å². The normalized spacial score (nSPS) is 31.9. The summed E-state index contributed by atoms with van der Waals surface area (Å²) in [5, 5.41) is 29.4. The third-order valence-electron chi connectivity index (χ3n) is 7.89. The highest BCUT2D eigenvalue weighted by atomic mass is 16.5. The summed E-state index contributed by atoms with van der Waals surface area (Å²) in [4.78, 5) is 29.2. The van der Waals surface area contributed by atoms with Crippen LogP contribution in [0.2, 0.25) is 0 Å². The highest BCUT2D eigenvalue weighted by molar-refractivity contribution is 6.40. The summed E-state index contributed by atoms with van der Waals surface area (Å²) < 4.78 is 6.99. The molecule has 0 spiro atoms. The number of methoxy groups -OCH3 is 1. The van der Waals surface area contributed by atoms with Crippen LogP contribution in [0.4, 0.5) is 5.82 Å². The number of H-pyrrole nitrogens is 1. The summed E-state index contributed by atoms with van der Waals surface area (Å²) in [5.74, 6) is -0.813. The Morgan fingerprint density at radius 3 is 2.85 bits per heavy atom. The molecule has 0 aromatic carbocycles. The van der Waals surface area contributed by atoms with E-state index >= 15 is 0 Å². The van der Waals surface area contributed by atoms with E-state index in [0.717, 1.165) is 43.0 Å². The Balaban J connectivity index is 1.45. The fourth-order valence-electron chi connectivity index (χ4n) is 7.50. The molecule has 2 amide bonds. The number of rotatable bonds is 5. The monoisotopic (exact) mass is 467 g/mol. The number of carbonyl (C=O) groups excluding carboxylic acids is 2. The Bertz CT molecular complexity index is 1300. The van der Waals surface area contributed by atoms with Gasteiger partial charge in [-0.3, -0.25) is 19.4 Å². The lowest BCUT2D eigenvalue weighted by atomic mass is 9.46. The molecule has 3 aromatic rings. The van der Waals surface area contributed by atoms with Crippen molar-refractivity contribution in [2.45, 2.75) is 56.6 Å². The fourth-order valence-corrected chi connectivity index (χ4v) is 7.50. The van der Waals surface area contributed by atoms with Gasteiger partial charge < -0.3 is 20.5 Å². The van der Waals surface area contributed by atoms with Crippen LogP contribution in [0, 0.1) is 11.3 Å². The van der Waals surface area contributed by atoms with Crippen molar-refractivity contribution >= 4 is 39.7 Å². The van der Waals surface area contributed by atoms with Gasteiger partial charge in [0.25, 0.3) is 0 Å². The largest absolute Gasteiger partial charge is 0.390 e. The first-order valence-electron chi connectivity index (χ1n) is 11.8. The minimum atomic E-state index is -0.801. The Labute approximate surface area is 195 Å². The van der Waals surface area contributed by atoms with Gasteiger partial charge in [0.05, 0.1) is 23.1 Å². The van der Waals surface area contributed by atoms with Crippen molar-refractivity contribution in [2.75, 3.05) is 25.6 Å². The van der Waals surface area contributed by atoms with Gasteiger partial charge in [-0.05, 0) is 49.5 Å². The van der Waals surface area contributed by atoms with E-state index in [2.05, 4.69) is 42.5 Å². The molecular formula is C23H29N7O4. The van der Waals surface area contributed by atoms with E-state index in [1.54, 1.807) is 6.20 Å². The van der Waals surface area contributed by atoms with Crippen LogP contribution in [0.5, 0.6) is 0 Å². The minimum absolute atomic E-state index is 0.0487. The predicted octanol–water partition coefficient (Wildman–Crippen LogP) is 1.44. The number of anilines is 1. The van der Waals surface area contributed by atoms with Gasteiger partial charge >= 0.3 is 11.8 Å². The minimum Gasteiger partial charge on any atom is -0.390 e. The quantitative estimate of drug-likeness (QED) is 0.328. The number of nitrogens with one attached hydrogen (secondary N) is 3. The van der Waals surface area contributed by atoms with Gasteiger partial charge in [-0.15, -0.1) is 10.2 Å². The Morgan fingerprint density at radius 2 is 2.09 bits per heavy atom. The van der Waals surface area contributed by atoms with Crippen LogP contribution in [-0.2, 0) is 19.9 Å². The summed E-state index contributed by atoms with van der Waals surface area (Å²) in [6, 6.07) is 1.89. The lowest BCUT2D eigenvalue weighted by Crippen LogP contribution is -2.63. The molecule has 0 radical (unpaired) electrons. The lowest BCUT2D eigenvalue weighted by Gasteiger charge is -2.64. The molecule has 4 aliphatic rings. The molecule has 4 fully saturated rings. The van der Waals surface area contributed by atoms with Crippen LogP contribution in [0.25, 0.3) is 22.1 Å². The number of fused-ring (bicyclic) bond motifs is 3. The van der Waals surface area contributed by atoms with Gasteiger partial charge in [0.1, 0.15) is 5.52 Å². The second-order valence-corrected chi connectivity index (χ2v) is 10.9. The highest BCUT2D eigenvalue weighted by Gasteiger charge is 2.62. The molecule has 4 N–H and O–H groups in total. The molecule has 0 saturated heterocycles. The highest BCUT2D eigenvalue weighted by Crippen LogP contribution is 2.65. The molecule has 3 heterocycles. The van der Waals surface area contributed by atoms with Gasteiger partial charge in [-0.2, -0.15) is 0 Å². The van der Waals surface area contributed by atoms with E-state index < -0.39 is 17.4 Å². The van der Waals surface area contributed by atoms with E-state index in [1.807, 2.05) is 6.07 Å². The lowest BCUT2D eigenvalue weighted by molar-refractivity contribution is -0.189. The number of nitrogens with zero attached hydrogens (tertiary/aromatic N) is 4. The summed E-state index contributed by atoms with van der Waals surface area (Å²) in [6.07, 6.45) is 6.95. The van der Waals surface area contributed by atoms with Crippen LogP contribution in [0.3, 0.4) is 0 Å². The zero-order valence-electron chi connectivity index (χ0n) is 19.3. The van der Waals surface area contributed by atoms with Gasteiger partial charge in [0, 0.05) is 26.3 Å². The molecule has 11 heteroatoms. The van der Waals surface area contributed by atoms with E-state index in [4.69, 9.17) is 4.74 Å². The number of amides is 2. The maximum Gasteiger partial charge on any atom is 0.314 e. The number of hydrogen-bond acceptors (Lipinski definition) is 7. The van der Waals surface area contributed by atoms with Crippen molar-refractivity contribution < 1.29 is 19.4 Å². The van der Waals surface area contributed by atoms with Gasteiger partial charge in [0.15, 0.2) is 17.0 Å². The maximum absolute atomic E-state index is 12.6. The summed E-state index contributed by atoms with van der Waals surface area (Å²) in [6.45, 7) is 2.81. The molecule has 4 bridgehead atoms. The number of aromatic amines is 1. The number of carbonyl (C=O) groups is 2. The molecule has 4 saturated carbocycles. The second-order valence-electron chi connectivity index (χ2n) is 10.9. The van der Waals surface area contributed by atoms with Crippen molar-refractivity contribution in [3.05, 3.63) is 12.3 Å². The maximum atomic E-state index is 12.6. The molecule has 180 valence electrons. The van der Waals surface area contributed by atoms with E-state index in [9.17, 15) is 14.7 Å². The van der Waals surface area contributed by atoms with Gasteiger partial charge in [0.2, 0.25) is 0 Å². The third-order valence-corrected chi connectivity index (χ3v) is 7.89. The molecule has 4 atom stereocenters. The predicted molar refractivity (Wildman–Crippen MR) is 123 cm³/mol. The first-order chi connectivity index (χ1) is 16.2. The van der Waals surface area contributed by atoms with Crippen molar-refractivity contribution in [3.8, 4) is 0 Å². The molecule has 7 rings (SSSR count). The number of ether oxygens (including phenoxy) is 1. The topological polar surface area (TPSA) is 147 Å². The first-order valence-corrected chi connectivity index (χ1v) is 11.8. The number of aromatic nitrogens is 5. The van der Waals surface area contributed by atoms with Gasteiger partial charge in [-0.1, -0.05) is 6.92 Å². The molecule has 34 heavy (non-hydrogen) atoms. The molecule has 2 unspecified atom stereocenters. The second kappa shape index (κ2) is 7.22. The van der Waals surface area contributed by atoms with E-state index in [-0.39, 0.29) is 17.5 Å². The van der Waals surface area contributed by atoms with Crippen LogP contribution in [-0.4, -0.2) is 67.7 Å². The number of hydrogen-bond donors (Lipinski definition) is 4. The number of aliphatic hydroxyl groups is 1. The third kappa shape index (κ3) is 3.21. The Morgan fingerprint density at radius 1 is 1.24 bits per heavy atom. The van der Waals surface area contributed by atoms with Crippen molar-refractivity contribution in [3.63, 3.8) is 0 Å². The van der Waals surface area contributed by atoms with Crippen LogP contribution in [0.1, 0.15) is 45.4 Å².